The summed E-state index contributed by atoms with van der Waals surface area (Å²) in [4.78, 5) is 38.3. The fourth-order valence-corrected chi connectivity index (χ4v) is 4.77. The van der Waals surface area contributed by atoms with Gasteiger partial charge in [-0.3, -0.25) is 14.4 Å². The summed E-state index contributed by atoms with van der Waals surface area (Å²) in [6.07, 6.45) is 4.59. The molecule has 2 aliphatic heterocycles. The standard InChI is InChI=1S/C21H25N3O6S/c1-14-7-8-16-9-15(10-17(25)13-24(16)12-14)20(26)22-11-19(21(27)28)23-31(29,30)18-5-3-2-4-6-18/h2-6,9-10,14,19,23H,7-8,11-13H2,1H3,(H,22,26)(H,27,28). The second kappa shape index (κ2) is 9.44. The van der Waals surface area contributed by atoms with Gasteiger partial charge in [0.25, 0.3) is 5.91 Å². The van der Waals surface area contributed by atoms with Crippen molar-refractivity contribution in [3.05, 3.63) is 53.8 Å². The Labute approximate surface area is 180 Å². The molecule has 0 saturated carbocycles. The van der Waals surface area contributed by atoms with Crippen LogP contribution in [-0.2, 0) is 24.4 Å². The van der Waals surface area contributed by atoms with Crippen LogP contribution in [0.4, 0.5) is 0 Å². The van der Waals surface area contributed by atoms with Gasteiger partial charge in [0.15, 0.2) is 5.78 Å². The average Bonchev–Trinajstić information content (AvgIpc) is 2.88. The van der Waals surface area contributed by atoms with E-state index in [0.29, 0.717) is 5.92 Å². The number of ketones is 1. The van der Waals surface area contributed by atoms with Gasteiger partial charge in [0, 0.05) is 24.4 Å². The number of piperidine rings is 1. The Morgan fingerprint density at radius 2 is 1.94 bits per heavy atom. The number of sulfonamides is 1. The van der Waals surface area contributed by atoms with Crippen molar-refractivity contribution in [2.24, 2.45) is 5.92 Å². The zero-order valence-corrected chi connectivity index (χ0v) is 17.9. The molecule has 0 bridgehead atoms. The highest BCUT2D eigenvalue weighted by Gasteiger charge is 2.28. The maximum atomic E-state index is 12.6. The monoisotopic (exact) mass is 447 g/mol. The highest BCUT2D eigenvalue weighted by molar-refractivity contribution is 7.89. The van der Waals surface area contributed by atoms with Crippen molar-refractivity contribution in [1.29, 1.82) is 0 Å². The minimum atomic E-state index is -4.08. The molecule has 0 aromatic heterocycles. The predicted octanol–water partition coefficient (Wildman–Crippen LogP) is 0.659. The van der Waals surface area contributed by atoms with Crippen molar-refractivity contribution in [3.63, 3.8) is 0 Å². The van der Waals surface area contributed by atoms with Crippen molar-refractivity contribution in [1.82, 2.24) is 14.9 Å². The van der Waals surface area contributed by atoms with Crippen LogP contribution in [-0.4, -0.2) is 61.8 Å². The normalized spacial score (nSPS) is 20.1. The van der Waals surface area contributed by atoms with Gasteiger partial charge >= 0.3 is 5.97 Å². The smallest absolute Gasteiger partial charge is 0.323 e. The lowest BCUT2D eigenvalue weighted by Gasteiger charge is -2.33. The molecule has 0 spiro atoms. The number of nitrogens with one attached hydrogen (secondary N) is 2. The molecule has 2 atom stereocenters. The number of fused-ring (bicyclic) bond motifs is 1. The third-order valence-electron chi connectivity index (χ3n) is 5.19. The first-order chi connectivity index (χ1) is 14.7. The zero-order valence-electron chi connectivity index (χ0n) is 17.1. The number of carbonyl (C=O) groups is 3. The van der Waals surface area contributed by atoms with Gasteiger partial charge in [-0.15, -0.1) is 0 Å². The van der Waals surface area contributed by atoms with Crippen LogP contribution >= 0.6 is 0 Å². The summed E-state index contributed by atoms with van der Waals surface area (Å²) >= 11 is 0. The molecule has 0 radical (unpaired) electrons. The van der Waals surface area contributed by atoms with E-state index in [2.05, 4.69) is 17.0 Å². The lowest BCUT2D eigenvalue weighted by Crippen LogP contribution is -2.48. The number of rotatable bonds is 7. The Hall–Kier alpha value is -2.98. The third-order valence-corrected chi connectivity index (χ3v) is 6.68. The maximum Gasteiger partial charge on any atom is 0.323 e. The topological polar surface area (TPSA) is 133 Å². The zero-order chi connectivity index (χ0) is 22.6. The fourth-order valence-electron chi connectivity index (χ4n) is 3.56. The molecular weight excluding hydrogens is 422 g/mol. The molecule has 1 saturated heterocycles. The third kappa shape index (κ3) is 5.80. The molecule has 1 aromatic rings. The van der Waals surface area contributed by atoms with Gasteiger partial charge in [-0.1, -0.05) is 25.1 Å². The van der Waals surface area contributed by atoms with Gasteiger partial charge in [-0.2, -0.15) is 4.72 Å². The number of carboxylic acid groups (broad SMARTS) is 1. The average molecular weight is 448 g/mol. The SMILES string of the molecule is CC1CCC2=CC(C(=O)NCC(NS(=O)(=O)c3ccccc3)C(=O)O)=CC(=O)CN2C1. The van der Waals surface area contributed by atoms with E-state index in [1.54, 1.807) is 12.1 Å². The number of amides is 1. The van der Waals surface area contributed by atoms with Crippen LogP contribution in [0.5, 0.6) is 0 Å². The van der Waals surface area contributed by atoms with Gasteiger partial charge in [-0.25, -0.2) is 8.42 Å². The lowest BCUT2D eigenvalue weighted by molar-refractivity contribution is -0.138. The quantitative estimate of drug-likeness (QED) is 0.559. The van der Waals surface area contributed by atoms with Crippen molar-refractivity contribution in [2.45, 2.75) is 30.7 Å². The molecule has 166 valence electrons. The molecule has 1 fully saturated rings. The van der Waals surface area contributed by atoms with Crippen molar-refractivity contribution in [2.75, 3.05) is 19.6 Å². The summed E-state index contributed by atoms with van der Waals surface area (Å²) in [6.45, 7) is 2.57. The first-order valence-corrected chi connectivity index (χ1v) is 11.4. The number of hydrogen-bond donors (Lipinski definition) is 3. The van der Waals surface area contributed by atoms with Gasteiger partial charge in [-0.05, 0) is 43.0 Å². The Bertz CT molecular complexity index is 1030. The predicted molar refractivity (Wildman–Crippen MR) is 112 cm³/mol. The molecule has 3 rings (SSSR count). The lowest BCUT2D eigenvalue weighted by atomic mass is 9.97. The number of hydrogen-bond acceptors (Lipinski definition) is 6. The van der Waals surface area contributed by atoms with Crippen molar-refractivity contribution in [3.8, 4) is 0 Å². The van der Waals surface area contributed by atoms with E-state index in [1.165, 1.54) is 30.3 Å². The largest absolute Gasteiger partial charge is 0.480 e. The van der Waals surface area contributed by atoms with E-state index in [4.69, 9.17) is 0 Å². The van der Waals surface area contributed by atoms with Gasteiger partial charge in [0.1, 0.15) is 6.04 Å². The Kier molecular flexibility index (Phi) is 6.91. The van der Waals surface area contributed by atoms with E-state index in [1.807, 2.05) is 4.90 Å². The minimum absolute atomic E-state index is 0.0824. The summed E-state index contributed by atoms with van der Waals surface area (Å²) < 4.78 is 26.9. The Balaban J connectivity index is 1.69. The second-order valence-corrected chi connectivity index (χ2v) is 9.48. The summed E-state index contributed by atoms with van der Waals surface area (Å²) in [5.41, 5.74) is 1.03. The molecule has 31 heavy (non-hydrogen) atoms. The van der Waals surface area contributed by atoms with E-state index in [0.717, 1.165) is 25.1 Å². The Morgan fingerprint density at radius 3 is 2.61 bits per heavy atom. The van der Waals surface area contributed by atoms with Gasteiger partial charge in [0.05, 0.1) is 11.4 Å². The minimum Gasteiger partial charge on any atom is -0.480 e. The van der Waals surface area contributed by atoms with Crippen LogP contribution in [0.15, 0.2) is 58.6 Å². The fraction of sp³-hybridized carbons (Fsp3) is 0.381. The number of nitrogens with zero attached hydrogens (tertiary/aromatic N) is 1. The van der Waals surface area contributed by atoms with Crippen LogP contribution < -0.4 is 10.0 Å². The van der Waals surface area contributed by atoms with Crippen LogP contribution in [0.3, 0.4) is 0 Å². The molecule has 2 unspecified atom stereocenters. The van der Waals surface area contributed by atoms with Crippen LogP contribution in [0.1, 0.15) is 19.8 Å². The molecule has 9 nitrogen and oxygen atoms in total. The van der Waals surface area contributed by atoms with E-state index < -0.39 is 34.5 Å². The summed E-state index contributed by atoms with van der Waals surface area (Å²) in [5, 5.41) is 11.8. The summed E-state index contributed by atoms with van der Waals surface area (Å²) in [7, 11) is -4.08. The molecular formula is C21H25N3O6S. The second-order valence-electron chi connectivity index (χ2n) is 7.76. The first-order valence-electron chi connectivity index (χ1n) is 9.94. The summed E-state index contributed by atoms with van der Waals surface area (Å²) in [6, 6.07) is 5.78. The number of carbonyl (C=O) groups excluding carboxylic acids is 2. The van der Waals surface area contributed by atoms with Crippen LogP contribution in [0, 0.1) is 5.92 Å². The van der Waals surface area contributed by atoms with E-state index >= 15 is 0 Å². The van der Waals surface area contributed by atoms with E-state index in [-0.39, 0.29) is 22.8 Å². The highest BCUT2D eigenvalue weighted by Crippen LogP contribution is 2.27. The molecule has 1 aromatic carbocycles. The summed E-state index contributed by atoms with van der Waals surface area (Å²) in [5.74, 6) is -1.83. The van der Waals surface area contributed by atoms with E-state index in [9.17, 15) is 27.9 Å². The number of benzene rings is 1. The van der Waals surface area contributed by atoms with Gasteiger partial charge < -0.3 is 15.3 Å². The van der Waals surface area contributed by atoms with Crippen LogP contribution in [0.2, 0.25) is 0 Å². The Morgan fingerprint density at radius 1 is 1.23 bits per heavy atom. The number of carboxylic acids is 1. The molecule has 3 N–H and O–H groups in total. The molecule has 10 heteroatoms. The van der Waals surface area contributed by atoms with Crippen molar-refractivity contribution >= 4 is 27.7 Å². The molecule has 2 aliphatic rings. The first kappa shape index (κ1) is 22.7. The molecule has 0 aliphatic carbocycles. The van der Waals surface area contributed by atoms with Crippen molar-refractivity contribution < 1.29 is 27.9 Å². The number of allylic oxidation sites excluding steroid dienone is 1. The maximum absolute atomic E-state index is 12.6. The number of aliphatic carboxylic acids is 1. The molecule has 1 amide bonds. The highest BCUT2D eigenvalue weighted by atomic mass is 32.2. The van der Waals surface area contributed by atoms with Crippen LogP contribution in [0.25, 0.3) is 0 Å². The molecule has 2 heterocycles. The van der Waals surface area contributed by atoms with Gasteiger partial charge in [0.2, 0.25) is 10.0 Å².